The van der Waals surface area contributed by atoms with Crippen molar-refractivity contribution in [2.75, 3.05) is 9.80 Å². The SMILES string of the molecule is C=CC(=O)Oc1ccc2cc(N(c3ccccc3)c3ccc(N(c4ccccc4)c4ccc5cc(OC(=O)C=C)ccc5c4)cc3)ccc2c1. The number of nitrogens with zero attached hydrogens (tertiary/aromatic N) is 2. The lowest BCUT2D eigenvalue weighted by atomic mass is 10.1. The third-order valence-corrected chi connectivity index (χ3v) is 8.27. The molecule has 7 aromatic carbocycles. The molecule has 0 aromatic heterocycles. The lowest BCUT2D eigenvalue weighted by Crippen LogP contribution is -2.12. The summed E-state index contributed by atoms with van der Waals surface area (Å²) >= 11 is 0. The normalized spacial score (nSPS) is 10.7. The number of hydrogen-bond donors (Lipinski definition) is 0. The lowest BCUT2D eigenvalue weighted by molar-refractivity contribution is -0.129. The van der Waals surface area contributed by atoms with Crippen LogP contribution < -0.4 is 19.3 Å². The molecule has 7 aromatic rings. The molecule has 0 unspecified atom stereocenters. The van der Waals surface area contributed by atoms with E-state index in [1.165, 1.54) is 0 Å². The van der Waals surface area contributed by atoms with Gasteiger partial charge in [-0.1, -0.05) is 73.8 Å². The molecule has 0 aliphatic rings. The molecule has 7 rings (SSSR count). The highest BCUT2D eigenvalue weighted by molar-refractivity contribution is 5.93. The molecule has 0 aliphatic heterocycles. The van der Waals surface area contributed by atoms with Crippen molar-refractivity contribution in [3.63, 3.8) is 0 Å². The highest BCUT2D eigenvalue weighted by atomic mass is 16.5. The van der Waals surface area contributed by atoms with Crippen LogP contribution in [0.25, 0.3) is 21.5 Å². The summed E-state index contributed by atoms with van der Waals surface area (Å²) < 4.78 is 10.7. The Morgan fingerprint density at radius 1 is 0.400 bits per heavy atom. The summed E-state index contributed by atoms with van der Waals surface area (Å²) in [5, 5.41) is 3.93. The van der Waals surface area contributed by atoms with Crippen molar-refractivity contribution >= 4 is 67.6 Å². The Bertz CT molecular complexity index is 2190. The Balaban J connectivity index is 1.26. The first-order chi connectivity index (χ1) is 24.5. The molecule has 0 N–H and O–H groups in total. The molecular weight excluding hydrogens is 620 g/mol. The fourth-order valence-electron chi connectivity index (χ4n) is 5.94. The second-order valence-corrected chi connectivity index (χ2v) is 11.5. The molecule has 6 nitrogen and oxygen atoms in total. The fourth-order valence-corrected chi connectivity index (χ4v) is 5.94. The standard InChI is InChI=1S/C44H32N2O4/c1-3-43(47)49-41-25-17-31-27-39(19-15-33(31)29-41)45(35-11-7-5-8-12-35)37-21-23-38(24-22-37)46(36-13-9-6-10-14-36)40-20-16-34-30-42(50-44(48)4-2)26-18-32(34)28-40/h3-30H,1-2H2. The van der Waals surface area contributed by atoms with Crippen LogP contribution in [-0.4, -0.2) is 11.9 Å². The second-order valence-electron chi connectivity index (χ2n) is 11.5. The molecule has 0 spiro atoms. The maximum atomic E-state index is 11.7. The third kappa shape index (κ3) is 6.72. The monoisotopic (exact) mass is 652 g/mol. The molecule has 242 valence electrons. The highest BCUT2D eigenvalue weighted by Gasteiger charge is 2.17. The smallest absolute Gasteiger partial charge is 0.335 e. The van der Waals surface area contributed by atoms with Crippen LogP contribution in [0.3, 0.4) is 0 Å². The summed E-state index contributed by atoms with van der Waals surface area (Å²) in [5.74, 6) is -0.0421. The van der Waals surface area contributed by atoms with Crippen molar-refractivity contribution in [2.24, 2.45) is 0 Å². The van der Waals surface area contributed by atoms with Crippen LogP contribution in [0.2, 0.25) is 0 Å². The van der Waals surface area contributed by atoms with Crippen molar-refractivity contribution in [1.82, 2.24) is 0 Å². The number of esters is 2. The van der Waals surface area contributed by atoms with Gasteiger partial charge in [-0.2, -0.15) is 0 Å². The number of fused-ring (bicyclic) bond motifs is 2. The number of para-hydroxylation sites is 2. The van der Waals surface area contributed by atoms with Crippen LogP contribution >= 0.6 is 0 Å². The molecule has 0 fully saturated rings. The van der Waals surface area contributed by atoms with Gasteiger partial charge in [0, 0.05) is 46.3 Å². The maximum Gasteiger partial charge on any atom is 0.335 e. The first kappa shape index (κ1) is 31.7. The number of benzene rings is 7. The van der Waals surface area contributed by atoms with E-state index >= 15 is 0 Å². The number of carbonyl (C=O) groups excluding carboxylic acids is 2. The summed E-state index contributed by atoms with van der Waals surface area (Å²) in [6.45, 7) is 6.96. The first-order valence-electron chi connectivity index (χ1n) is 16.1. The van der Waals surface area contributed by atoms with Gasteiger partial charge in [0.15, 0.2) is 0 Å². The number of hydrogen-bond acceptors (Lipinski definition) is 6. The van der Waals surface area contributed by atoms with Crippen LogP contribution in [0, 0.1) is 0 Å². The molecule has 0 heterocycles. The Hall–Kier alpha value is -6.92. The van der Waals surface area contributed by atoms with E-state index in [4.69, 9.17) is 9.47 Å². The van der Waals surface area contributed by atoms with Crippen molar-refractivity contribution < 1.29 is 19.1 Å². The Morgan fingerprint density at radius 3 is 1.10 bits per heavy atom. The van der Waals surface area contributed by atoms with E-state index in [1.807, 2.05) is 72.8 Å². The van der Waals surface area contributed by atoms with Gasteiger partial charge in [0.1, 0.15) is 11.5 Å². The minimum Gasteiger partial charge on any atom is -0.423 e. The maximum absolute atomic E-state index is 11.7. The Labute approximate surface area is 290 Å². The summed E-state index contributed by atoms with van der Waals surface area (Å²) in [6.07, 6.45) is 2.30. The Kier molecular flexibility index (Phi) is 8.90. The predicted molar refractivity (Wildman–Crippen MR) is 202 cm³/mol. The molecule has 0 aliphatic carbocycles. The van der Waals surface area contributed by atoms with Gasteiger partial charge in [0.25, 0.3) is 0 Å². The molecule has 0 saturated heterocycles. The fraction of sp³-hybridized carbons (Fsp3) is 0. The summed E-state index contributed by atoms with van der Waals surface area (Å²) in [7, 11) is 0. The van der Waals surface area contributed by atoms with E-state index in [0.717, 1.165) is 67.8 Å². The molecule has 0 atom stereocenters. The van der Waals surface area contributed by atoms with E-state index in [-0.39, 0.29) is 0 Å². The zero-order valence-electron chi connectivity index (χ0n) is 27.1. The van der Waals surface area contributed by atoms with E-state index in [2.05, 4.69) is 95.8 Å². The summed E-state index contributed by atoms with van der Waals surface area (Å²) in [6, 6.07) is 52.6. The van der Waals surface area contributed by atoms with E-state index in [9.17, 15) is 9.59 Å². The average Bonchev–Trinajstić information content (AvgIpc) is 3.16. The van der Waals surface area contributed by atoms with Crippen LogP contribution in [0.5, 0.6) is 11.5 Å². The van der Waals surface area contributed by atoms with Gasteiger partial charge >= 0.3 is 11.9 Å². The number of ether oxygens (including phenoxy) is 2. The first-order valence-corrected chi connectivity index (χ1v) is 16.1. The summed E-state index contributed by atoms with van der Waals surface area (Å²) in [4.78, 5) is 27.9. The molecule has 0 bridgehead atoms. The molecule has 50 heavy (non-hydrogen) atoms. The second kappa shape index (κ2) is 14.1. The van der Waals surface area contributed by atoms with Crippen molar-refractivity contribution in [1.29, 1.82) is 0 Å². The molecule has 6 heteroatoms. The number of anilines is 6. The van der Waals surface area contributed by atoms with Gasteiger partial charge in [0.2, 0.25) is 0 Å². The average molecular weight is 653 g/mol. The van der Waals surface area contributed by atoms with E-state index < -0.39 is 11.9 Å². The van der Waals surface area contributed by atoms with Crippen LogP contribution in [0.4, 0.5) is 34.1 Å². The molecular formula is C44H32N2O4. The largest absolute Gasteiger partial charge is 0.423 e. The molecule has 0 radical (unpaired) electrons. The van der Waals surface area contributed by atoms with Gasteiger partial charge in [-0.05, 0) is 119 Å². The number of carbonyl (C=O) groups is 2. The van der Waals surface area contributed by atoms with Gasteiger partial charge in [-0.25, -0.2) is 9.59 Å². The van der Waals surface area contributed by atoms with Crippen LogP contribution in [0.1, 0.15) is 0 Å². The van der Waals surface area contributed by atoms with Crippen LogP contribution in [-0.2, 0) is 9.59 Å². The van der Waals surface area contributed by atoms with Crippen molar-refractivity contribution in [3.8, 4) is 11.5 Å². The number of rotatable bonds is 10. The predicted octanol–water partition coefficient (Wildman–Crippen LogP) is 11.1. The minimum absolute atomic E-state index is 0.471. The quantitative estimate of drug-likeness (QED) is 0.0832. The minimum atomic E-state index is -0.492. The van der Waals surface area contributed by atoms with Crippen LogP contribution in [0.15, 0.2) is 183 Å². The third-order valence-electron chi connectivity index (χ3n) is 8.27. The highest BCUT2D eigenvalue weighted by Crippen LogP contribution is 2.40. The lowest BCUT2D eigenvalue weighted by Gasteiger charge is -2.28. The zero-order valence-corrected chi connectivity index (χ0v) is 27.1. The molecule has 0 amide bonds. The van der Waals surface area contributed by atoms with Gasteiger partial charge < -0.3 is 19.3 Å². The topological polar surface area (TPSA) is 59.1 Å². The van der Waals surface area contributed by atoms with Gasteiger partial charge in [0.05, 0.1) is 0 Å². The molecule has 0 saturated carbocycles. The summed E-state index contributed by atoms with van der Waals surface area (Å²) in [5.41, 5.74) is 5.99. The van der Waals surface area contributed by atoms with Gasteiger partial charge in [-0.15, -0.1) is 0 Å². The van der Waals surface area contributed by atoms with E-state index in [1.54, 1.807) is 12.1 Å². The van der Waals surface area contributed by atoms with Gasteiger partial charge in [-0.3, -0.25) is 0 Å². The van der Waals surface area contributed by atoms with E-state index in [0.29, 0.717) is 11.5 Å². The van der Waals surface area contributed by atoms with Crippen molar-refractivity contribution in [3.05, 3.63) is 183 Å². The Morgan fingerprint density at radius 2 is 0.720 bits per heavy atom. The zero-order chi connectivity index (χ0) is 34.5. The van der Waals surface area contributed by atoms with Crippen molar-refractivity contribution in [2.45, 2.75) is 0 Å².